The Morgan fingerprint density at radius 1 is 1.04 bits per heavy atom. The molecule has 128 valence electrons. The average molecular weight is 338 g/mol. The number of aryl methyl sites for hydroxylation is 1. The summed E-state index contributed by atoms with van der Waals surface area (Å²) in [5.74, 6) is -1.25. The average Bonchev–Trinajstić information content (AvgIpc) is 2.74. The highest BCUT2D eigenvalue weighted by atomic mass is 16.4. The highest BCUT2D eigenvalue weighted by Crippen LogP contribution is 2.28. The summed E-state index contributed by atoms with van der Waals surface area (Å²) in [6.07, 6.45) is 2.08. The maximum Gasteiger partial charge on any atom is 0.335 e. The topological polar surface area (TPSA) is 86.7 Å². The van der Waals surface area contributed by atoms with Gasteiger partial charge in [-0.3, -0.25) is 9.59 Å². The zero-order valence-electron chi connectivity index (χ0n) is 13.8. The maximum atomic E-state index is 12.3. The Bertz CT molecular complexity index is 843. The largest absolute Gasteiger partial charge is 0.478 e. The van der Waals surface area contributed by atoms with Crippen LogP contribution in [0.4, 0.5) is 11.4 Å². The van der Waals surface area contributed by atoms with Gasteiger partial charge in [0, 0.05) is 30.4 Å². The van der Waals surface area contributed by atoms with Gasteiger partial charge in [0.2, 0.25) is 5.91 Å². The van der Waals surface area contributed by atoms with Crippen LogP contribution in [-0.4, -0.2) is 29.9 Å². The number of nitrogens with one attached hydrogen (secondary N) is 1. The summed E-state index contributed by atoms with van der Waals surface area (Å²) in [5, 5.41) is 11.7. The van der Waals surface area contributed by atoms with Crippen LogP contribution in [0.5, 0.6) is 0 Å². The molecule has 2 aromatic carbocycles. The number of hydrogen-bond acceptors (Lipinski definition) is 3. The van der Waals surface area contributed by atoms with E-state index in [-0.39, 0.29) is 17.4 Å². The lowest BCUT2D eigenvalue weighted by Crippen LogP contribution is -2.25. The van der Waals surface area contributed by atoms with Gasteiger partial charge >= 0.3 is 5.97 Å². The van der Waals surface area contributed by atoms with Crippen LogP contribution in [0.2, 0.25) is 0 Å². The van der Waals surface area contributed by atoms with Crippen molar-refractivity contribution in [3.63, 3.8) is 0 Å². The quantitative estimate of drug-likeness (QED) is 0.901. The molecule has 0 atom stereocenters. The number of hydrogen-bond donors (Lipinski definition) is 2. The summed E-state index contributed by atoms with van der Waals surface area (Å²) in [7, 11) is 1.76. The fourth-order valence-corrected chi connectivity index (χ4v) is 2.89. The van der Waals surface area contributed by atoms with E-state index in [1.54, 1.807) is 18.0 Å². The molecule has 1 heterocycles. The number of benzene rings is 2. The van der Waals surface area contributed by atoms with Crippen LogP contribution in [0.1, 0.15) is 39.1 Å². The molecule has 2 amide bonds. The van der Waals surface area contributed by atoms with Crippen LogP contribution in [0.15, 0.2) is 42.5 Å². The molecule has 3 rings (SSSR count). The van der Waals surface area contributed by atoms with Crippen LogP contribution < -0.4 is 10.2 Å². The van der Waals surface area contributed by atoms with Gasteiger partial charge in [-0.15, -0.1) is 0 Å². The second-order valence-electron chi connectivity index (χ2n) is 5.99. The van der Waals surface area contributed by atoms with Crippen molar-refractivity contribution in [3.8, 4) is 0 Å². The number of carbonyl (C=O) groups excluding carboxylic acids is 2. The molecular weight excluding hydrogens is 320 g/mol. The summed E-state index contributed by atoms with van der Waals surface area (Å²) in [5.41, 5.74) is 3.05. The normalized spacial score (nSPS) is 13.8. The Morgan fingerprint density at radius 2 is 1.72 bits per heavy atom. The Morgan fingerprint density at radius 3 is 2.40 bits per heavy atom. The van der Waals surface area contributed by atoms with Gasteiger partial charge in [0.05, 0.1) is 5.56 Å². The van der Waals surface area contributed by atoms with Gasteiger partial charge in [-0.1, -0.05) is 0 Å². The lowest BCUT2D eigenvalue weighted by atomic mass is 10.1. The minimum atomic E-state index is -1.03. The summed E-state index contributed by atoms with van der Waals surface area (Å²) < 4.78 is 0. The van der Waals surface area contributed by atoms with Crippen molar-refractivity contribution in [2.45, 2.75) is 19.3 Å². The Labute approximate surface area is 145 Å². The number of carbonyl (C=O) groups is 3. The van der Waals surface area contributed by atoms with Gasteiger partial charge in [0.15, 0.2) is 0 Å². The van der Waals surface area contributed by atoms with E-state index in [4.69, 9.17) is 5.11 Å². The van der Waals surface area contributed by atoms with E-state index in [1.807, 2.05) is 12.1 Å². The number of aromatic carboxylic acids is 1. The molecule has 0 fully saturated rings. The standard InChI is InChI=1S/C19H18N2O4/c1-21-16-10-9-15(11-14(16)3-2-4-17(21)22)20-18(23)12-5-7-13(8-6-12)19(24)25/h5-11H,2-4H2,1H3,(H,20,23)(H,24,25). The Balaban J connectivity index is 1.79. The molecule has 0 bridgehead atoms. The molecule has 2 N–H and O–H groups in total. The highest BCUT2D eigenvalue weighted by Gasteiger charge is 2.19. The maximum absolute atomic E-state index is 12.3. The zero-order valence-corrected chi connectivity index (χ0v) is 13.8. The van der Waals surface area contributed by atoms with Crippen LogP contribution in [0.25, 0.3) is 0 Å². The third-order valence-corrected chi connectivity index (χ3v) is 4.30. The predicted octanol–water partition coefficient (Wildman–Crippen LogP) is 2.94. The number of amides is 2. The minimum absolute atomic E-state index is 0.0917. The molecule has 6 heteroatoms. The van der Waals surface area contributed by atoms with E-state index in [0.29, 0.717) is 17.7 Å². The molecule has 0 radical (unpaired) electrons. The van der Waals surface area contributed by atoms with E-state index < -0.39 is 5.97 Å². The molecule has 0 spiro atoms. The molecule has 1 aliphatic heterocycles. The number of rotatable bonds is 3. The smallest absolute Gasteiger partial charge is 0.335 e. The fraction of sp³-hybridized carbons (Fsp3) is 0.211. The number of anilines is 2. The molecule has 0 aliphatic carbocycles. The molecular formula is C19H18N2O4. The first kappa shape index (κ1) is 16.7. The van der Waals surface area contributed by atoms with Crippen molar-refractivity contribution in [1.82, 2.24) is 0 Å². The van der Waals surface area contributed by atoms with Crippen molar-refractivity contribution in [2.24, 2.45) is 0 Å². The number of carboxylic acids is 1. The van der Waals surface area contributed by atoms with Crippen molar-refractivity contribution in [2.75, 3.05) is 17.3 Å². The SMILES string of the molecule is CN1C(=O)CCCc2cc(NC(=O)c3ccc(C(=O)O)cc3)ccc21. The fourth-order valence-electron chi connectivity index (χ4n) is 2.89. The van der Waals surface area contributed by atoms with E-state index in [0.717, 1.165) is 24.1 Å². The Kier molecular flexibility index (Phi) is 4.52. The van der Waals surface area contributed by atoms with Gasteiger partial charge < -0.3 is 15.3 Å². The van der Waals surface area contributed by atoms with Crippen molar-refractivity contribution < 1.29 is 19.5 Å². The van der Waals surface area contributed by atoms with Gasteiger partial charge in [0.25, 0.3) is 5.91 Å². The molecule has 6 nitrogen and oxygen atoms in total. The molecule has 0 saturated heterocycles. The van der Waals surface area contributed by atoms with Gasteiger partial charge in [0.1, 0.15) is 0 Å². The highest BCUT2D eigenvalue weighted by molar-refractivity contribution is 6.05. The lowest BCUT2D eigenvalue weighted by molar-refractivity contribution is -0.118. The van der Waals surface area contributed by atoms with Crippen LogP contribution >= 0.6 is 0 Å². The molecule has 0 unspecified atom stereocenters. The summed E-state index contributed by atoms with van der Waals surface area (Å²) in [4.78, 5) is 36.7. The van der Waals surface area contributed by atoms with Gasteiger partial charge in [-0.05, 0) is 60.9 Å². The summed E-state index contributed by atoms with van der Waals surface area (Å²) in [6, 6.07) is 11.2. The van der Waals surface area contributed by atoms with Gasteiger partial charge in [-0.25, -0.2) is 4.79 Å². The van der Waals surface area contributed by atoms with E-state index >= 15 is 0 Å². The Hall–Kier alpha value is -3.15. The summed E-state index contributed by atoms with van der Waals surface area (Å²) in [6.45, 7) is 0. The van der Waals surface area contributed by atoms with Crippen LogP contribution in [0, 0.1) is 0 Å². The predicted molar refractivity (Wildman–Crippen MR) is 94.1 cm³/mol. The number of carboxylic acid groups (broad SMARTS) is 1. The monoisotopic (exact) mass is 338 g/mol. The third-order valence-electron chi connectivity index (χ3n) is 4.30. The van der Waals surface area contributed by atoms with Crippen LogP contribution in [0.3, 0.4) is 0 Å². The van der Waals surface area contributed by atoms with E-state index in [1.165, 1.54) is 24.3 Å². The first-order valence-electron chi connectivity index (χ1n) is 8.00. The second-order valence-corrected chi connectivity index (χ2v) is 5.99. The van der Waals surface area contributed by atoms with Crippen molar-refractivity contribution in [1.29, 1.82) is 0 Å². The molecule has 25 heavy (non-hydrogen) atoms. The summed E-state index contributed by atoms with van der Waals surface area (Å²) >= 11 is 0. The zero-order chi connectivity index (χ0) is 18.0. The van der Waals surface area contributed by atoms with Crippen LogP contribution in [-0.2, 0) is 11.2 Å². The van der Waals surface area contributed by atoms with Gasteiger partial charge in [-0.2, -0.15) is 0 Å². The third kappa shape index (κ3) is 3.52. The molecule has 1 aliphatic rings. The molecule has 2 aromatic rings. The molecule has 0 saturated carbocycles. The minimum Gasteiger partial charge on any atom is -0.478 e. The number of fused-ring (bicyclic) bond motifs is 1. The first-order chi connectivity index (χ1) is 12.0. The lowest BCUT2D eigenvalue weighted by Gasteiger charge is -2.18. The first-order valence-corrected chi connectivity index (χ1v) is 8.00. The van der Waals surface area contributed by atoms with Crippen molar-refractivity contribution >= 4 is 29.2 Å². The number of nitrogens with zero attached hydrogens (tertiary/aromatic N) is 1. The van der Waals surface area contributed by atoms with Crippen molar-refractivity contribution in [3.05, 3.63) is 59.2 Å². The molecule has 0 aromatic heterocycles. The van der Waals surface area contributed by atoms with E-state index in [2.05, 4.69) is 5.32 Å². The second kappa shape index (κ2) is 6.76. The van der Waals surface area contributed by atoms with E-state index in [9.17, 15) is 14.4 Å².